The maximum absolute atomic E-state index is 12.7. The Bertz CT molecular complexity index is 805. The summed E-state index contributed by atoms with van der Waals surface area (Å²) >= 11 is 0. The van der Waals surface area contributed by atoms with Crippen LogP contribution in [0.3, 0.4) is 0 Å². The van der Waals surface area contributed by atoms with E-state index in [9.17, 15) is 9.90 Å². The third kappa shape index (κ3) is 4.32. The quantitative estimate of drug-likeness (QED) is 0.554. The van der Waals surface area contributed by atoms with E-state index in [1.54, 1.807) is 30.5 Å². The van der Waals surface area contributed by atoms with Crippen LogP contribution in [-0.2, 0) is 4.79 Å². The van der Waals surface area contributed by atoms with Crippen molar-refractivity contribution in [1.82, 2.24) is 5.43 Å². The van der Waals surface area contributed by atoms with Crippen molar-refractivity contribution in [3.8, 4) is 5.75 Å². The maximum atomic E-state index is 12.7. The fourth-order valence-corrected chi connectivity index (χ4v) is 2.58. The third-order valence-corrected chi connectivity index (χ3v) is 3.81. The van der Waals surface area contributed by atoms with E-state index in [0.717, 1.165) is 16.7 Å². The molecule has 4 nitrogen and oxygen atoms in total. The lowest BCUT2D eigenvalue weighted by molar-refractivity contribution is -0.121. The summed E-state index contributed by atoms with van der Waals surface area (Å²) in [7, 11) is 0. The van der Waals surface area contributed by atoms with Crippen LogP contribution in [0.4, 0.5) is 0 Å². The molecular formula is C21H18N2O2. The van der Waals surface area contributed by atoms with Gasteiger partial charge in [0.15, 0.2) is 0 Å². The fourth-order valence-electron chi connectivity index (χ4n) is 2.58. The summed E-state index contributed by atoms with van der Waals surface area (Å²) < 4.78 is 0. The zero-order valence-electron chi connectivity index (χ0n) is 13.5. The number of hydrogen-bond acceptors (Lipinski definition) is 3. The van der Waals surface area contributed by atoms with Crippen molar-refractivity contribution in [2.45, 2.75) is 5.92 Å². The molecule has 25 heavy (non-hydrogen) atoms. The molecule has 0 saturated heterocycles. The Morgan fingerprint density at radius 3 is 1.88 bits per heavy atom. The Kier molecular flexibility index (Phi) is 5.22. The van der Waals surface area contributed by atoms with Gasteiger partial charge in [0.2, 0.25) is 0 Å². The number of nitrogens with one attached hydrogen (secondary N) is 1. The van der Waals surface area contributed by atoms with Crippen LogP contribution in [0.5, 0.6) is 5.75 Å². The molecule has 0 atom stereocenters. The number of carbonyl (C=O) groups is 1. The monoisotopic (exact) mass is 330 g/mol. The Morgan fingerprint density at radius 1 is 0.840 bits per heavy atom. The van der Waals surface area contributed by atoms with Gasteiger partial charge in [-0.15, -0.1) is 0 Å². The minimum Gasteiger partial charge on any atom is -0.508 e. The van der Waals surface area contributed by atoms with E-state index in [1.165, 1.54) is 0 Å². The molecule has 124 valence electrons. The summed E-state index contributed by atoms with van der Waals surface area (Å²) in [6, 6.07) is 25.8. The highest BCUT2D eigenvalue weighted by molar-refractivity contribution is 5.88. The van der Waals surface area contributed by atoms with Crippen LogP contribution in [-0.4, -0.2) is 17.2 Å². The number of rotatable bonds is 5. The van der Waals surface area contributed by atoms with E-state index >= 15 is 0 Å². The standard InChI is InChI=1S/C21H18N2O2/c24-19-13-11-16(12-14-19)15-22-23-21(25)20(17-7-3-1-4-8-17)18-9-5-2-6-10-18/h1-15,20,24H,(H,23,25)/b22-15+. The molecule has 0 fully saturated rings. The van der Waals surface area contributed by atoms with E-state index in [1.807, 2.05) is 60.7 Å². The lowest BCUT2D eigenvalue weighted by Gasteiger charge is -2.16. The summed E-state index contributed by atoms with van der Waals surface area (Å²) in [5.41, 5.74) is 5.21. The van der Waals surface area contributed by atoms with Crippen molar-refractivity contribution in [2.75, 3.05) is 0 Å². The topological polar surface area (TPSA) is 61.7 Å². The van der Waals surface area contributed by atoms with Crippen LogP contribution in [0, 0.1) is 0 Å². The van der Waals surface area contributed by atoms with Gasteiger partial charge in [0.05, 0.1) is 12.1 Å². The van der Waals surface area contributed by atoms with Gasteiger partial charge in [0.1, 0.15) is 5.75 Å². The second-order valence-corrected chi connectivity index (χ2v) is 5.58. The van der Waals surface area contributed by atoms with Gasteiger partial charge in [-0.2, -0.15) is 5.10 Å². The van der Waals surface area contributed by atoms with Crippen LogP contribution in [0.1, 0.15) is 22.6 Å². The van der Waals surface area contributed by atoms with Gasteiger partial charge in [-0.05, 0) is 41.0 Å². The summed E-state index contributed by atoms with van der Waals surface area (Å²) in [5.74, 6) is -0.443. The molecule has 3 aromatic carbocycles. The smallest absolute Gasteiger partial charge is 0.252 e. The van der Waals surface area contributed by atoms with Crippen LogP contribution in [0.25, 0.3) is 0 Å². The maximum Gasteiger partial charge on any atom is 0.252 e. The molecule has 3 aromatic rings. The van der Waals surface area contributed by atoms with E-state index < -0.39 is 5.92 Å². The Hall–Kier alpha value is -3.40. The molecule has 0 aromatic heterocycles. The number of aromatic hydroxyl groups is 1. The van der Waals surface area contributed by atoms with Crippen LogP contribution >= 0.6 is 0 Å². The highest BCUT2D eigenvalue weighted by Crippen LogP contribution is 2.24. The van der Waals surface area contributed by atoms with Gasteiger partial charge in [0.25, 0.3) is 5.91 Å². The molecule has 4 heteroatoms. The van der Waals surface area contributed by atoms with E-state index in [-0.39, 0.29) is 11.7 Å². The summed E-state index contributed by atoms with van der Waals surface area (Å²) in [6.07, 6.45) is 1.55. The fraction of sp³-hybridized carbons (Fsp3) is 0.0476. The first-order valence-corrected chi connectivity index (χ1v) is 7.96. The molecule has 0 aliphatic heterocycles. The molecule has 0 saturated carbocycles. The molecule has 0 aliphatic rings. The van der Waals surface area contributed by atoms with Crippen molar-refractivity contribution >= 4 is 12.1 Å². The number of carbonyl (C=O) groups excluding carboxylic acids is 1. The molecule has 2 N–H and O–H groups in total. The number of phenolic OH excluding ortho intramolecular Hbond substituents is 1. The first kappa shape index (κ1) is 16.5. The molecule has 0 radical (unpaired) electrons. The lowest BCUT2D eigenvalue weighted by Crippen LogP contribution is -2.26. The predicted octanol–water partition coefficient (Wildman–Crippen LogP) is 3.67. The molecule has 0 heterocycles. The van der Waals surface area contributed by atoms with Gasteiger partial charge in [0, 0.05) is 0 Å². The third-order valence-electron chi connectivity index (χ3n) is 3.81. The summed E-state index contributed by atoms with van der Waals surface area (Å²) in [5, 5.41) is 13.3. The first-order chi connectivity index (χ1) is 12.2. The highest BCUT2D eigenvalue weighted by atomic mass is 16.3. The largest absolute Gasteiger partial charge is 0.508 e. The zero-order valence-corrected chi connectivity index (χ0v) is 13.5. The number of amides is 1. The van der Waals surface area contributed by atoms with Gasteiger partial charge in [-0.3, -0.25) is 4.79 Å². The second kappa shape index (κ2) is 7.93. The normalized spacial score (nSPS) is 10.9. The first-order valence-electron chi connectivity index (χ1n) is 7.96. The minimum atomic E-state index is -0.431. The Labute approximate surface area is 146 Å². The molecule has 0 spiro atoms. The van der Waals surface area contributed by atoms with Gasteiger partial charge in [-0.1, -0.05) is 60.7 Å². The second-order valence-electron chi connectivity index (χ2n) is 5.58. The zero-order chi connectivity index (χ0) is 17.5. The number of nitrogens with zero attached hydrogens (tertiary/aromatic N) is 1. The summed E-state index contributed by atoms with van der Waals surface area (Å²) in [4.78, 5) is 12.7. The van der Waals surface area contributed by atoms with Crippen LogP contribution in [0.15, 0.2) is 90.0 Å². The van der Waals surface area contributed by atoms with E-state index in [2.05, 4.69) is 10.5 Å². The van der Waals surface area contributed by atoms with Gasteiger partial charge in [-0.25, -0.2) is 5.43 Å². The average Bonchev–Trinajstić information content (AvgIpc) is 2.65. The molecule has 3 rings (SSSR count). The number of hydrogen-bond donors (Lipinski definition) is 2. The van der Waals surface area contributed by atoms with E-state index in [0.29, 0.717) is 0 Å². The Balaban J connectivity index is 1.79. The molecule has 0 unspecified atom stereocenters. The number of phenols is 1. The summed E-state index contributed by atoms with van der Waals surface area (Å²) in [6.45, 7) is 0. The number of benzene rings is 3. The average molecular weight is 330 g/mol. The van der Waals surface area contributed by atoms with Crippen LogP contribution < -0.4 is 5.43 Å². The van der Waals surface area contributed by atoms with Crippen LogP contribution in [0.2, 0.25) is 0 Å². The minimum absolute atomic E-state index is 0.189. The van der Waals surface area contributed by atoms with Gasteiger partial charge < -0.3 is 5.11 Å². The van der Waals surface area contributed by atoms with Gasteiger partial charge >= 0.3 is 0 Å². The Morgan fingerprint density at radius 2 is 1.36 bits per heavy atom. The van der Waals surface area contributed by atoms with Crippen molar-refractivity contribution in [1.29, 1.82) is 0 Å². The van der Waals surface area contributed by atoms with Crippen molar-refractivity contribution in [3.05, 3.63) is 102 Å². The highest BCUT2D eigenvalue weighted by Gasteiger charge is 2.22. The molecule has 0 bridgehead atoms. The molecular weight excluding hydrogens is 312 g/mol. The molecule has 0 aliphatic carbocycles. The van der Waals surface area contributed by atoms with Crippen molar-refractivity contribution in [2.24, 2.45) is 5.10 Å². The molecule has 1 amide bonds. The van der Waals surface area contributed by atoms with Crippen molar-refractivity contribution < 1.29 is 9.90 Å². The lowest BCUT2D eigenvalue weighted by atomic mass is 9.91. The van der Waals surface area contributed by atoms with Crippen molar-refractivity contribution in [3.63, 3.8) is 0 Å². The predicted molar refractivity (Wildman–Crippen MR) is 98.6 cm³/mol. The number of hydrazone groups is 1. The SMILES string of the molecule is O=C(N/N=C/c1ccc(O)cc1)C(c1ccccc1)c1ccccc1. The van der Waals surface area contributed by atoms with E-state index in [4.69, 9.17) is 0 Å².